The summed E-state index contributed by atoms with van der Waals surface area (Å²) >= 11 is 1.55. The SMILES string of the molecule is CC(C)(C)OC(=O)N1CCN(CCCCCNC(=O)c2cc(-c3cccs3)on2)CC1c1ccccc1. The molecule has 0 saturated carbocycles. The van der Waals surface area contributed by atoms with Gasteiger partial charge in [0.1, 0.15) is 5.60 Å². The van der Waals surface area contributed by atoms with Crippen LogP contribution in [0.15, 0.2) is 58.4 Å². The molecule has 9 heteroatoms. The third-order valence-electron chi connectivity index (χ3n) is 6.22. The van der Waals surface area contributed by atoms with Crippen molar-refractivity contribution in [3.05, 3.63) is 65.2 Å². The molecule has 1 saturated heterocycles. The standard InChI is InChI=1S/C28H36N4O4S/c1-28(2,3)35-27(34)32-17-16-31(20-23(32)21-11-6-4-7-12-21)15-9-5-8-14-29-26(33)22-19-24(36-30-22)25-13-10-18-37-25/h4,6-7,10-13,18-19,23H,5,8-9,14-17,20H2,1-3H3,(H,29,33). The molecule has 1 fully saturated rings. The summed E-state index contributed by atoms with van der Waals surface area (Å²) < 4.78 is 11.0. The molecule has 198 valence electrons. The smallest absolute Gasteiger partial charge is 0.410 e. The molecule has 0 radical (unpaired) electrons. The number of amides is 2. The fourth-order valence-electron chi connectivity index (χ4n) is 4.39. The van der Waals surface area contributed by atoms with E-state index in [0.717, 1.165) is 49.3 Å². The fraction of sp³-hybridized carbons (Fsp3) is 0.464. The fourth-order valence-corrected chi connectivity index (χ4v) is 5.06. The minimum absolute atomic E-state index is 0.0365. The predicted molar refractivity (Wildman–Crippen MR) is 145 cm³/mol. The summed E-state index contributed by atoms with van der Waals surface area (Å²) in [6.45, 7) is 9.47. The van der Waals surface area contributed by atoms with E-state index in [0.29, 0.717) is 24.5 Å². The second-order valence-electron chi connectivity index (χ2n) is 10.3. The van der Waals surface area contributed by atoms with Crippen LogP contribution in [0.5, 0.6) is 0 Å². The highest BCUT2D eigenvalue weighted by Crippen LogP contribution is 2.28. The van der Waals surface area contributed by atoms with Crippen LogP contribution in [0.4, 0.5) is 4.79 Å². The molecule has 1 unspecified atom stereocenters. The Balaban J connectivity index is 1.20. The van der Waals surface area contributed by atoms with Crippen molar-refractivity contribution >= 4 is 23.3 Å². The highest BCUT2D eigenvalue weighted by Gasteiger charge is 2.34. The van der Waals surface area contributed by atoms with Crippen molar-refractivity contribution in [2.24, 2.45) is 0 Å². The monoisotopic (exact) mass is 524 g/mol. The van der Waals surface area contributed by atoms with Gasteiger partial charge in [-0.2, -0.15) is 0 Å². The van der Waals surface area contributed by atoms with Crippen LogP contribution < -0.4 is 5.32 Å². The molecule has 1 aliphatic heterocycles. The number of carbonyl (C=O) groups is 2. The summed E-state index contributed by atoms with van der Waals surface area (Å²) in [4.78, 5) is 30.5. The maximum atomic E-state index is 12.9. The van der Waals surface area contributed by atoms with Gasteiger partial charge in [-0.25, -0.2) is 4.79 Å². The topological polar surface area (TPSA) is 87.9 Å². The lowest BCUT2D eigenvalue weighted by Gasteiger charge is -2.42. The number of benzene rings is 1. The Kier molecular flexibility index (Phi) is 9.00. The number of hydrogen-bond acceptors (Lipinski definition) is 7. The van der Waals surface area contributed by atoms with Crippen LogP contribution in [0, 0.1) is 0 Å². The third kappa shape index (κ3) is 7.66. The first-order chi connectivity index (χ1) is 17.8. The van der Waals surface area contributed by atoms with Gasteiger partial charge < -0.3 is 14.6 Å². The van der Waals surface area contributed by atoms with E-state index in [1.807, 2.05) is 61.4 Å². The van der Waals surface area contributed by atoms with Crippen molar-refractivity contribution in [1.82, 2.24) is 20.3 Å². The molecule has 0 aliphatic carbocycles. The second kappa shape index (κ2) is 12.4. The van der Waals surface area contributed by atoms with Gasteiger partial charge in [0.2, 0.25) is 0 Å². The Morgan fingerprint density at radius 2 is 1.92 bits per heavy atom. The number of nitrogens with zero attached hydrogens (tertiary/aromatic N) is 3. The number of unbranched alkanes of at least 4 members (excludes halogenated alkanes) is 2. The van der Waals surface area contributed by atoms with Crippen LogP contribution in [0.25, 0.3) is 10.6 Å². The lowest BCUT2D eigenvalue weighted by Crippen LogP contribution is -2.51. The lowest BCUT2D eigenvalue weighted by atomic mass is 10.0. The van der Waals surface area contributed by atoms with E-state index in [1.54, 1.807) is 17.4 Å². The van der Waals surface area contributed by atoms with Crippen molar-refractivity contribution in [2.75, 3.05) is 32.7 Å². The summed E-state index contributed by atoms with van der Waals surface area (Å²) in [5.74, 6) is 0.399. The van der Waals surface area contributed by atoms with Crippen LogP contribution in [0.1, 0.15) is 62.1 Å². The van der Waals surface area contributed by atoms with E-state index in [4.69, 9.17) is 9.26 Å². The molecule has 0 bridgehead atoms. The Morgan fingerprint density at radius 3 is 2.65 bits per heavy atom. The normalized spacial score (nSPS) is 16.5. The molecule has 1 aliphatic rings. The molecule has 3 aromatic rings. The zero-order chi connectivity index (χ0) is 26.3. The summed E-state index contributed by atoms with van der Waals surface area (Å²) in [7, 11) is 0. The summed E-state index contributed by atoms with van der Waals surface area (Å²) in [6, 6.07) is 15.7. The Hall–Kier alpha value is -3.17. The van der Waals surface area contributed by atoms with Crippen molar-refractivity contribution < 1.29 is 18.8 Å². The molecule has 8 nitrogen and oxygen atoms in total. The number of nitrogens with one attached hydrogen (secondary N) is 1. The van der Waals surface area contributed by atoms with Crippen LogP contribution in [0.3, 0.4) is 0 Å². The third-order valence-corrected chi connectivity index (χ3v) is 7.10. The highest BCUT2D eigenvalue weighted by molar-refractivity contribution is 7.13. The van der Waals surface area contributed by atoms with Crippen molar-refractivity contribution in [3.63, 3.8) is 0 Å². The summed E-state index contributed by atoms with van der Waals surface area (Å²) in [5.41, 5.74) is 0.902. The molecule has 2 amide bonds. The Labute approximate surface area is 222 Å². The first-order valence-electron chi connectivity index (χ1n) is 12.9. The zero-order valence-electron chi connectivity index (χ0n) is 21.8. The van der Waals surface area contributed by atoms with Gasteiger partial charge in [-0.3, -0.25) is 14.6 Å². The quantitative estimate of drug-likeness (QED) is 0.367. The lowest BCUT2D eigenvalue weighted by molar-refractivity contribution is -0.00214. The summed E-state index contributed by atoms with van der Waals surface area (Å²) in [5, 5.41) is 8.78. The first-order valence-corrected chi connectivity index (χ1v) is 13.7. The van der Waals surface area contributed by atoms with Gasteiger partial charge >= 0.3 is 6.09 Å². The van der Waals surface area contributed by atoms with Crippen molar-refractivity contribution in [2.45, 2.75) is 51.7 Å². The van der Waals surface area contributed by atoms with E-state index in [-0.39, 0.29) is 18.0 Å². The molecule has 1 N–H and O–H groups in total. The van der Waals surface area contributed by atoms with Crippen molar-refractivity contribution in [1.29, 1.82) is 0 Å². The van der Waals surface area contributed by atoms with E-state index >= 15 is 0 Å². The van der Waals surface area contributed by atoms with Gasteiger partial charge in [-0.05, 0) is 57.2 Å². The van der Waals surface area contributed by atoms with Crippen LogP contribution in [0.2, 0.25) is 0 Å². The van der Waals surface area contributed by atoms with Gasteiger partial charge in [0.15, 0.2) is 11.5 Å². The number of aromatic nitrogens is 1. The van der Waals surface area contributed by atoms with Crippen LogP contribution >= 0.6 is 11.3 Å². The molecule has 1 atom stereocenters. The Bertz CT molecular complexity index is 1140. The van der Waals surface area contributed by atoms with Gasteiger partial charge in [-0.15, -0.1) is 11.3 Å². The molecule has 37 heavy (non-hydrogen) atoms. The zero-order valence-corrected chi connectivity index (χ0v) is 22.6. The summed E-state index contributed by atoms with van der Waals surface area (Å²) in [6.07, 6.45) is 2.66. The van der Waals surface area contributed by atoms with E-state index in [2.05, 4.69) is 27.5 Å². The van der Waals surface area contributed by atoms with E-state index in [9.17, 15) is 9.59 Å². The van der Waals surface area contributed by atoms with Crippen LogP contribution in [-0.4, -0.2) is 65.3 Å². The molecule has 2 aromatic heterocycles. The van der Waals surface area contributed by atoms with Gasteiger partial charge in [0, 0.05) is 32.2 Å². The predicted octanol–water partition coefficient (Wildman–Crippen LogP) is 5.60. The number of hydrogen-bond donors (Lipinski definition) is 1. The minimum atomic E-state index is -0.523. The average Bonchev–Trinajstić information content (AvgIpc) is 3.58. The number of rotatable bonds is 9. The van der Waals surface area contributed by atoms with Gasteiger partial charge in [-0.1, -0.05) is 48.0 Å². The minimum Gasteiger partial charge on any atom is -0.444 e. The number of ether oxygens (including phenoxy) is 1. The number of carbonyl (C=O) groups excluding carboxylic acids is 2. The molecule has 1 aromatic carbocycles. The molecular weight excluding hydrogens is 488 g/mol. The number of thiophene rings is 1. The number of piperazine rings is 1. The van der Waals surface area contributed by atoms with Gasteiger partial charge in [0.25, 0.3) is 5.91 Å². The van der Waals surface area contributed by atoms with Crippen molar-refractivity contribution in [3.8, 4) is 10.6 Å². The van der Waals surface area contributed by atoms with Crippen LogP contribution in [-0.2, 0) is 4.74 Å². The van der Waals surface area contributed by atoms with E-state index in [1.165, 1.54) is 0 Å². The molecule has 3 heterocycles. The average molecular weight is 525 g/mol. The second-order valence-corrected chi connectivity index (χ2v) is 11.2. The highest BCUT2D eigenvalue weighted by atomic mass is 32.1. The van der Waals surface area contributed by atoms with E-state index < -0.39 is 5.60 Å². The maximum Gasteiger partial charge on any atom is 0.410 e. The maximum absolute atomic E-state index is 12.9. The molecule has 0 spiro atoms. The molecule has 4 rings (SSSR count). The largest absolute Gasteiger partial charge is 0.444 e. The molecular formula is C28H36N4O4S. The first kappa shape index (κ1) is 26.9. The Morgan fingerprint density at radius 1 is 1.11 bits per heavy atom. The van der Waals surface area contributed by atoms with Gasteiger partial charge in [0.05, 0.1) is 10.9 Å².